The van der Waals surface area contributed by atoms with Gasteiger partial charge in [-0.05, 0) is 47.9 Å². The highest BCUT2D eigenvalue weighted by molar-refractivity contribution is 6.25. The number of para-hydroxylation sites is 1. The van der Waals surface area contributed by atoms with Crippen LogP contribution in [0.5, 0.6) is 0 Å². The van der Waals surface area contributed by atoms with Gasteiger partial charge in [0.15, 0.2) is 17.5 Å². The van der Waals surface area contributed by atoms with Crippen LogP contribution in [-0.2, 0) is 0 Å². The minimum absolute atomic E-state index is 0.598. The SMILES string of the molecule is Cc1c2c(-c3ccccc3)nc3cc(-c4nc(-c5ccccc5)nc(-c5ccccc5)n4)ccc3c2c(C)c2c(-c3ccccc3)nc3ccccc3c12. The van der Waals surface area contributed by atoms with Gasteiger partial charge in [-0.15, -0.1) is 0 Å². The van der Waals surface area contributed by atoms with E-state index in [1.165, 1.54) is 21.9 Å². The summed E-state index contributed by atoms with van der Waals surface area (Å²) in [6.07, 6.45) is 0. The van der Waals surface area contributed by atoms with E-state index >= 15 is 0 Å². The van der Waals surface area contributed by atoms with Crippen LogP contribution in [0.15, 0.2) is 164 Å². The topological polar surface area (TPSA) is 64.5 Å². The van der Waals surface area contributed by atoms with E-state index in [1.807, 2.05) is 60.7 Å². The second-order valence-electron chi connectivity index (χ2n) is 13.7. The summed E-state index contributed by atoms with van der Waals surface area (Å²) in [4.78, 5) is 25.8. The minimum atomic E-state index is 0.598. The molecule has 10 aromatic rings. The van der Waals surface area contributed by atoms with Gasteiger partial charge in [-0.3, -0.25) is 0 Å². The molecule has 0 saturated heterocycles. The minimum Gasteiger partial charge on any atom is -0.247 e. The zero-order valence-electron chi connectivity index (χ0n) is 29.8. The number of aryl methyl sites for hydroxylation is 2. The fourth-order valence-corrected chi connectivity index (χ4v) is 7.92. The summed E-state index contributed by atoms with van der Waals surface area (Å²) in [5.41, 5.74) is 11.1. The van der Waals surface area contributed by atoms with Gasteiger partial charge in [0.25, 0.3) is 0 Å². The number of hydrogen-bond donors (Lipinski definition) is 0. The van der Waals surface area contributed by atoms with Crippen LogP contribution in [0.25, 0.3) is 100 Å². The van der Waals surface area contributed by atoms with E-state index in [0.29, 0.717) is 17.5 Å². The summed E-state index contributed by atoms with van der Waals surface area (Å²) in [5.74, 6) is 1.85. The Labute approximate surface area is 312 Å². The van der Waals surface area contributed by atoms with Crippen LogP contribution in [0, 0.1) is 13.8 Å². The Kier molecular flexibility index (Phi) is 7.51. The fraction of sp³-hybridized carbons (Fsp3) is 0.0408. The molecule has 10 rings (SSSR count). The predicted octanol–water partition coefficient (Wildman–Crippen LogP) is 12.2. The molecule has 0 spiro atoms. The largest absolute Gasteiger partial charge is 0.247 e. The van der Waals surface area contributed by atoms with Crippen molar-refractivity contribution in [1.29, 1.82) is 0 Å². The van der Waals surface area contributed by atoms with Gasteiger partial charge in [0.2, 0.25) is 0 Å². The van der Waals surface area contributed by atoms with Crippen LogP contribution in [0.3, 0.4) is 0 Å². The Morgan fingerprint density at radius 2 is 0.685 bits per heavy atom. The zero-order valence-corrected chi connectivity index (χ0v) is 29.8. The molecule has 0 bridgehead atoms. The molecule has 3 heterocycles. The third kappa shape index (κ3) is 5.21. The lowest BCUT2D eigenvalue weighted by molar-refractivity contribution is 1.07. The van der Waals surface area contributed by atoms with Crippen LogP contribution < -0.4 is 0 Å². The van der Waals surface area contributed by atoms with Crippen molar-refractivity contribution in [2.24, 2.45) is 0 Å². The van der Waals surface area contributed by atoms with Gasteiger partial charge < -0.3 is 0 Å². The summed E-state index contributed by atoms with van der Waals surface area (Å²) in [6, 6.07) is 56.2. The summed E-state index contributed by atoms with van der Waals surface area (Å²) < 4.78 is 0. The van der Waals surface area contributed by atoms with Crippen molar-refractivity contribution in [3.8, 4) is 56.7 Å². The van der Waals surface area contributed by atoms with Crippen molar-refractivity contribution in [2.75, 3.05) is 0 Å². The lowest BCUT2D eigenvalue weighted by atomic mass is 9.86. The molecule has 3 aromatic heterocycles. The molecule has 0 aliphatic rings. The molecule has 254 valence electrons. The number of aromatic nitrogens is 5. The summed E-state index contributed by atoms with van der Waals surface area (Å²) in [7, 11) is 0. The van der Waals surface area contributed by atoms with E-state index < -0.39 is 0 Å². The van der Waals surface area contributed by atoms with Crippen molar-refractivity contribution < 1.29 is 0 Å². The van der Waals surface area contributed by atoms with Crippen molar-refractivity contribution in [3.05, 3.63) is 175 Å². The lowest BCUT2D eigenvalue weighted by Gasteiger charge is -2.21. The number of pyridine rings is 2. The molecular weight excluding hydrogens is 659 g/mol. The average Bonchev–Trinajstić information content (AvgIpc) is 3.25. The molecule has 0 aliphatic carbocycles. The van der Waals surface area contributed by atoms with E-state index in [1.54, 1.807) is 0 Å². The summed E-state index contributed by atoms with van der Waals surface area (Å²) >= 11 is 0. The number of nitrogens with zero attached hydrogens (tertiary/aromatic N) is 5. The maximum absolute atomic E-state index is 5.50. The van der Waals surface area contributed by atoms with Gasteiger partial charge in [0.05, 0.1) is 22.4 Å². The molecule has 5 heteroatoms. The molecule has 0 fully saturated rings. The van der Waals surface area contributed by atoms with E-state index in [4.69, 9.17) is 24.9 Å². The molecule has 0 N–H and O–H groups in total. The van der Waals surface area contributed by atoms with Gasteiger partial charge in [0.1, 0.15) is 0 Å². The molecule has 0 saturated carbocycles. The first-order chi connectivity index (χ1) is 26.6. The fourth-order valence-electron chi connectivity index (χ4n) is 7.92. The smallest absolute Gasteiger partial charge is 0.164 e. The monoisotopic (exact) mass is 691 g/mol. The maximum Gasteiger partial charge on any atom is 0.164 e. The standard InChI is InChI=1S/C49H33N5/c1-30-41-37-25-15-16-26-39(37)50-45(32-17-7-3-8-18-32)43(41)31(2)42-38-28-27-36(29-40(38)51-46(44(30)42)33-19-9-4-10-20-33)49-53-47(34-21-11-5-12-22-34)52-48(54-49)35-23-13-6-14-24-35/h3-29H,1-2H3. The molecule has 7 aromatic carbocycles. The second kappa shape index (κ2) is 12.8. The van der Waals surface area contributed by atoms with E-state index in [0.717, 1.165) is 71.8 Å². The Morgan fingerprint density at radius 3 is 1.19 bits per heavy atom. The van der Waals surface area contributed by atoms with Crippen molar-refractivity contribution >= 4 is 43.4 Å². The average molecular weight is 692 g/mol. The molecular formula is C49H33N5. The molecule has 54 heavy (non-hydrogen) atoms. The van der Waals surface area contributed by atoms with Crippen LogP contribution >= 0.6 is 0 Å². The molecule has 0 amide bonds. The van der Waals surface area contributed by atoms with E-state index in [2.05, 4.69) is 117 Å². The van der Waals surface area contributed by atoms with Crippen molar-refractivity contribution in [2.45, 2.75) is 13.8 Å². The van der Waals surface area contributed by atoms with E-state index in [-0.39, 0.29) is 0 Å². The summed E-state index contributed by atoms with van der Waals surface area (Å²) in [6.45, 7) is 4.50. The quantitative estimate of drug-likeness (QED) is 0.133. The highest BCUT2D eigenvalue weighted by Crippen LogP contribution is 2.45. The Morgan fingerprint density at radius 1 is 0.296 bits per heavy atom. The van der Waals surface area contributed by atoms with Crippen LogP contribution in [0.2, 0.25) is 0 Å². The van der Waals surface area contributed by atoms with Gasteiger partial charge in [0, 0.05) is 49.4 Å². The molecule has 0 aliphatic heterocycles. The first-order valence-corrected chi connectivity index (χ1v) is 18.2. The highest BCUT2D eigenvalue weighted by atomic mass is 15.0. The van der Waals surface area contributed by atoms with Crippen molar-refractivity contribution in [1.82, 2.24) is 24.9 Å². The van der Waals surface area contributed by atoms with Gasteiger partial charge in [-0.2, -0.15) is 0 Å². The predicted molar refractivity (Wildman–Crippen MR) is 222 cm³/mol. The van der Waals surface area contributed by atoms with Crippen molar-refractivity contribution in [3.63, 3.8) is 0 Å². The number of rotatable bonds is 5. The van der Waals surface area contributed by atoms with E-state index in [9.17, 15) is 0 Å². The first kappa shape index (κ1) is 31.6. The third-order valence-electron chi connectivity index (χ3n) is 10.4. The number of hydrogen-bond acceptors (Lipinski definition) is 5. The maximum atomic E-state index is 5.50. The Hall–Kier alpha value is -7.11. The summed E-state index contributed by atoms with van der Waals surface area (Å²) in [5, 5.41) is 6.92. The number of fused-ring (bicyclic) bond motifs is 6. The first-order valence-electron chi connectivity index (χ1n) is 18.2. The normalized spacial score (nSPS) is 11.5. The molecule has 0 atom stereocenters. The van der Waals surface area contributed by atoms with Crippen LogP contribution in [0.4, 0.5) is 0 Å². The van der Waals surface area contributed by atoms with Crippen LogP contribution in [0.1, 0.15) is 11.1 Å². The van der Waals surface area contributed by atoms with Crippen LogP contribution in [-0.4, -0.2) is 24.9 Å². The molecule has 5 nitrogen and oxygen atoms in total. The zero-order chi connectivity index (χ0) is 36.2. The second-order valence-corrected chi connectivity index (χ2v) is 13.7. The lowest BCUT2D eigenvalue weighted by Crippen LogP contribution is -2.01. The Bertz CT molecular complexity index is 2980. The Balaban J connectivity index is 1.30. The third-order valence-corrected chi connectivity index (χ3v) is 10.4. The molecule has 0 unspecified atom stereocenters. The van der Waals surface area contributed by atoms with Gasteiger partial charge in [-0.25, -0.2) is 24.9 Å². The highest BCUT2D eigenvalue weighted by Gasteiger charge is 2.23. The number of benzene rings is 7. The van der Waals surface area contributed by atoms with Gasteiger partial charge >= 0.3 is 0 Å². The van der Waals surface area contributed by atoms with Gasteiger partial charge in [-0.1, -0.05) is 152 Å². The molecule has 0 radical (unpaired) electrons.